The van der Waals surface area contributed by atoms with Gasteiger partial charge in [0.15, 0.2) is 5.58 Å². The molecule has 1 aliphatic rings. The lowest BCUT2D eigenvalue weighted by Crippen LogP contribution is -2.35. The van der Waals surface area contributed by atoms with E-state index in [0.717, 1.165) is 11.4 Å². The number of nitrogens with one attached hydrogen (secondary N) is 1. The predicted octanol–water partition coefficient (Wildman–Crippen LogP) is 2.50. The van der Waals surface area contributed by atoms with Crippen LogP contribution in [0.1, 0.15) is 0 Å². The van der Waals surface area contributed by atoms with Crippen LogP contribution in [0.15, 0.2) is 46.9 Å². The van der Waals surface area contributed by atoms with Crippen molar-refractivity contribution in [1.29, 1.82) is 0 Å². The third kappa shape index (κ3) is 1.88. The van der Waals surface area contributed by atoms with Gasteiger partial charge in [0.1, 0.15) is 12.1 Å². The van der Waals surface area contributed by atoms with Crippen molar-refractivity contribution in [2.45, 2.75) is 0 Å². The minimum absolute atomic E-state index is 0.101. The van der Waals surface area contributed by atoms with Crippen molar-refractivity contribution in [2.75, 3.05) is 22.5 Å². The van der Waals surface area contributed by atoms with E-state index in [1.165, 1.54) is 0 Å². The SMILES string of the molecule is Nc1ccc2nc(N3CC(=O)Nc4ccccc43)oc2c1. The molecule has 0 saturated carbocycles. The van der Waals surface area contributed by atoms with E-state index >= 15 is 0 Å². The Hall–Kier alpha value is -3.02. The topological polar surface area (TPSA) is 84.4 Å². The van der Waals surface area contributed by atoms with E-state index in [2.05, 4.69) is 10.3 Å². The number of carbonyl (C=O) groups is 1. The van der Waals surface area contributed by atoms with Crippen molar-refractivity contribution in [3.05, 3.63) is 42.5 Å². The summed E-state index contributed by atoms with van der Waals surface area (Å²) in [6.07, 6.45) is 0. The monoisotopic (exact) mass is 280 g/mol. The molecule has 4 rings (SSSR count). The predicted molar refractivity (Wildman–Crippen MR) is 80.5 cm³/mol. The van der Waals surface area contributed by atoms with Gasteiger partial charge in [0, 0.05) is 11.8 Å². The van der Waals surface area contributed by atoms with Crippen LogP contribution in [-0.2, 0) is 4.79 Å². The first-order chi connectivity index (χ1) is 10.2. The maximum absolute atomic E-state index is 11.8. The number of carbonyl (C=O) groups excluding carboxylic acids is 1. The number of fused-ring (bicyclic) bond motifs is 2. The van der Waals surface area contributed by atoms with Gasteiger partial charge >= 0.3 is 6.01 Å². The van der Waals surface area contributed by atoms with E-state index in [-0.39, 0.29) is 12.5 Å². The number of oxazole rings is 1. The highest BCUT2D eigenvalue weighted by Crippen LogP contribution is 2.35. The molecule has 0 atom stereocenters. The number of amides is 1. The minimum Gasteiger partial charge on any atom is -0.423 e. The van der Waals surface area contributed by atoms with Gasteiger partial charge in [-0.3, -0.25) is 9.69 Å². The van der Waals surface area contributed by atoms with Gasteiger partial charge in [-0.05, 0) is 24.3 Å². The number of aromatic nitrogens is 1. The van der Waals surface area contributed by atoms with Crippen LogP contribution in [0.3, 0.4) is 0 Å². The Bertz CT molecular complexity index is 856. The molecular weight excluding hydrogens is 268 g/mol. The number of nitrogens with two attached hydrogens (primary N) is 1. The second-order valence-corrected chi connectivity index (χ2v) is 4.88. The molecule has 0 spiro atoms. The van der Waals surface area contributed by atoms with Crippen molar-refractivity contribution < 1.29 is 9.21 Å². The van der Waals surface area contributed by atoms with E-state index in [1.807, 2.05) is 24.3 Å². The van der Waals surface area contributed by atoms with Crippen LogP contribution in [-0.4, -0.2) is 17.4 Å². The van der Waals surface area contributed by atoms with E-state index < -0.39 is 0 Å². The molecule has 104 valence electrons. The Balaban J connectivity index is 1.86. The molecule has 21 heavy (non-hydrogen) atoms. The van der Waals surface area contributed by atoms with Gasteiger partial charge in [0.2, 0.25) is 5.91 Å². The molecule has 1 amide bonds. The highest BCUT2D eigenvalue weighted by atomic mass is 16.4. The molecule has 0 fully saturated rings. The number of hydrogen-bond donors (Lipinski definition) is 2. The van der Waals surface area contributed by atoms with Gasteiger partial charge in [-0.25, -0.2) is 0 Å². The summed E-state index contributed by atoms with van der Waals surface area (Å²) in [7, 11) is 0. The van der Waals surface area contributed by atoms with Gasteiger partial charge in [-0.2, -0.15) is 4.98 Å². The van der Waals surface area contributed by atoms with Crippen molar-refractivity contribution in [3.63, 3.8) is 0 Å². The second-order valence-electron chi connectivity index (χ2n) is 4.88. The van der Waals surface area contributed by atoms with Crippen molar-refractivity contribution in [1.82, 2.24) is 4.98 Å². The first-order valence-corrected chi connectivity index (χ1v) is 6.53. The fourth-order valence-corrected chi connectivity index (χ4v) is 2.45. The number of nitrogen functional groups attached to an aromatic ring is 1. The third-order valence-electron chi connectivity index (χ3n) is 3.40. The maximum atomic E-state index is 11.8. The van der Waals surface area contributed by atoms with E-state index in [9.17, 15) is 4.79 Å². The van der Waals surface area contributed by atoms with Crippen LogP contribution in [0.5, 0.6) is 0 Å². The Morgan fingerprint density at radius 3 is 3.00 bits per heavy atom. The van der Waals surface area contributed by atoms with Crippen LogP contribution in [0.4, 0.5) is 23.1 Å². The highest BCUT2D eigenvalue weighted by Gasteiger charge is 2.26. The highest BCUT2D eigenvalue weighted by molar-refractivity contribution is 6.02. The smallest absolute Gasteiger partial charge is 0.303 e. The van der Waals surface area contributed by atoms with Crippen LogP contribution in [0.25, 0.3) is 11.1 Å². The number of benzene rings is 2. The molecule has 3 N–H and O–H groups in total. The molecule has 0 saturated heterocycles. The molecule has 0 radical (unpaired) electrons. The average molecular weight is 280 g/mol. The van der Waals surface area contributed by atoms with Crippen LogP contribution >= 0.6 is 0 Å². The summed E-state index contributed by atoms with van der Waals surface area (Å²) in [5, 5.41) is 2.83. The molecule has 0 unspecified atom stereocenters. The lowest BCUT2D eigenvalue weighted by molar-refractivity contribution is -0.115. The van der Waals surface area contributed by atoms with E-state index in [0.29, 0.717) is 22.8 Å². The summed E-state index contributed by atoms with van der Waals surface area (Å²) in [5.74, 6) is -0.101. The number of rotatable bonds is 1. The van der Waals surface area contributed by atoms with Crippen molar-refractivity contribution in [3.8, 4) is 0 Å². The fraction of sp³-hybridized carbons (Fsp3) is 0.0667. The average Bonchev–Trinajstić information content (AvgIpc) is 2.89. The maximum Gasteiger partial charge on any atom is 0.303 e. The van der Waals surface area contributed by atoms with Crippen LogP contribution in [0.2, 0.25) is 0 Å². The molecule has 2 heterocycles. The Kier molecular flexibility index (Phi) is 2.38. The second kappa shape index (κ2) is 4.24. The quantitative estimate of drug-likeness (QED) is 0.669. The number of anilines is 4. The molecular formula is C15H12N4O2. The van der Waals surface area contributed by atoms with E-state index in [1.54, 1.807) is 23.1 Å². The molecule has 6 nitrogen and oxygen atoms in total. The fourth-order valence-electron chi connectivity index (χ4n) is 2.45. The largest absolute Gasteiger partial charge is 0.423 e. The first-order valence-electron chi connectivity index (χ1n) is 6.53. The Morgan fingerprint density at radius 1 is 1.24 bits per heavy atom. The van der Waals surface area contributed by atoms with E-state index in [4.69, 9.17) is 10.2 Å². The van der Waals surface area contributed by atoms with Crippen LogP contribution < -0.4 is 16.0 Å². The molecule has 2 aromatic carbocycles. The minimum atomic E-state index is -0.101. The zero-order valence-corrected chi connectivity index (χ0v) is 11.0. The van der Waals surface area contributed by atoms with Gasteiger partial charge < -0.3 is 15.5 Å². The number of para-hydroxylation sites is 2. The lowest BCUT2D eigenvalue weighted by atomic mass is 10.2. The van der Waals surface area contributed by atoms with Gasteiger partial charge in [-0.15, -0.1) is 0 Å². The third-order valence-corrected chi connectivity index (χ3v) is 3.40. The molecule has 0 bridgehead atoms. The van der Waals surface area contributed by atoms with Gasteiger partial charge in [0.25, 0.3) is 0 Å². The molecule has 1 aliphatic heterocycles. The molecule has 6 heteroatoms. The summed E-state index contributed by atoms with van der Waals surface area (Å²) in [6.45, 7) is 0.166. The zero-order valence-electron chi connectivity index (χ0n) is 11.0. The normalized spacial score (nSPS) is 14.1. The summed E-state index contributed by atoms with van der Waals surface area (Å²) in [6, 6.07) is 13.2. The standard InChI is InChI=1S/C15H12N4O2/c16-9-5-6-11-13(7-9)21-15(18-11)19-8-14(20)17-10-3-1-2-4-12(10)19/h1-7H,8,16H2,(H,17,20). The summed E-state index contributed by atoms with van der Waals surface area (Å²) < 4.78 is 5.75. The lowest BCUT2D eigenvalue weighted by Gasteiger charge is -2.27. The molecule has 1 aromatic heterocycles. The van der Waals surface area contributed by atoms with Crippen molar-refractivity contribution >= 4 is 40.1 Å². The summed E-state index contributed by atoms with van der Waals surface area (Å²) in [4.78, 5) is 18.0. The van der Waals surface area contributed by atoms with Crippen molar-refractivity contribution in [2.24, 2.45) is 0 Å². The number of hydrogen-bond acceptors (Lipinski definition) is 5. The zero-order chi connectivity index (χ0) is 14.4. The Labute approximate surface area is 120 Å². The molecule has 0 aliphatic carbocycles. The summed E-state index contributed by atoms with van der Waals surface area (Å²) in [5.41, 5.74) is 9.28. The number of nitrogens with zero attached hydrogens (tertiary/aromatic N) is 2. The Morgan fingerprint density at radius 2 is 2.10 bits per heavy atom. The van der Waals surface area contributed by atoms with Gasteiger partial charge in [-0.1, -0.05) is 12.1 Å². The molecule has 3 aromatic rings. The van der Waals surface area contributed by atoms with Gasteiger partial charge in [0.05, 0.1) is 11.4 Å². The van der Waals surface area contributed by atoms with Crippen LogP contribution in [0, 0.1) is 0 Å². The summed E-state index contributed by atoms with van der Waals surface area (Å²) >= 11 is 0. The first kappa shape index (κ1) is 11.8.